The van der Waals surface area contributed by atoms with Crippen LogP contribution < -0.4 is 10.7 Å². The molecule has 2 N–H and O–H groups in total. The molecule has 2 amide bonds. The molecule has 1 saturated heterocycles. The van der Waals surface area contributed by atoms with Gasteiger partial charge in [-0.2, -0.15) is 18.3 Å². The molecule has 0 aromatic heterocycles. The summed E-state index contributed by atoms with van der Waals surface area (Å²) in [6, 6.07) is 3.00. The number of rotatable bonds is 4. The number of alkyl halides is 3. The van der Waals surface area contributed by atoms with Gasteiger partial charge in [0.15, 0.2) is 6.17 Å². The Hall–Kier alpha value is -2.49. The molecular formula is C20H23ClF3N5O2. The zero-order valence-corrected chi connectivity index (χ0v) is 17.6. The molecule has 2 aliphatic heterocycles. The number of nitrogens with one attached hydrogen (secondary N) is 2. The van der Waals surface area contributed by atoms with E-state index in [9.17, 15) is 22.8 Å². The Kier molecular flexibility index (Phi) is 5.76. The molecule has 2 heterocycles. The Labute approximate surface area is 182 Å². The molecule has 7 nitrogen and oxygen atoms in total. The van der Waals surface area contributed by atoms with Gasteiger partial charge in [-0.05, 0) is 31.0 Å². The van der Waals surface area contributed by atoms with Crippen molar-refractivity contribution in [3.63, 3.8) is 0 Å². The molecule has 11 heteroatoms. The van der Waals surface area contributed by atoms with Crippen molar-refractivity contribution in [3.8, 4) is 0 Å². The number of carbonyl (C=O) groups excluding carboxylic acids is 2. The summed E-state index contributed by atoms with van der Waals surface area (Å²) in [5.74, 6) is -0.165. The molecule has 1 aliphatic carbocycles. The zero-order chi connectivity index (χ0) is 22.3. The Balaban J connectivity index is 1.54. The van der Waals surface area contributed by atoms with E-state index in [1.165, 1.54) is 11.0 Å². The second kappa shape index (κ2) is 8.22. The van der Waals surface area contributed by atoms with Crippen molar-refractivity contribution in [2.24, 2.45) is 5.10 Å². The van der Waals surface area contributed by atoms with Crippen LogP contribution >= 0.6 is 11.6 Å². The number of nitrogens with zero attached hydrogens (tertiary/aromatic N) is 3. The third-order valence-corrected chi connectivity index (χ3v) is 6.29. The minimum absolute atomic E-state index is 0.0271. The third-order valence-electron chi connectivity index (χ3n) is 6.05. The molecule has 0 spiro atoms. The van der Waals surface area contributed by atoms with E-state index in [4.69, 9.17) is 11.6 Å². The van der Waals surface area contributed by atoms with Gasteiger partial charge in [0.05, 0.1) is 23.3 Å². The van der Waals surface area contributed by atoms with Crippen molar-refractivity contribution in [3.05, 3.63) is 28.8 Å². The Bertz CT molecular complexity index is 923. The van der Waals surface area contributed by atoms with E-state index in [1.807, 2.05) is 11.8 Å². The fourth-order valence-electron chi connectivity index (χ4n) is 4.72. The largest absolute Gasteiger partial charge is 0.418 e. The summed E-state index contributed by atoms with van der Waals surface area (Å²) in [6.45, 7) is 1.64. The number of hydrogen-bond acceptors (Lipinski definition) is 5. The van der Waals surface area contributed by atoms with Crippen LogP contribution in [0.2, 0.25) is 5.02 Å². The highest BCUT2D eigenvalue weighted by molar-refractivity contribution is 6.30. The molecule has 3 aliphatic rings. The quantitative estimate of drug-likeness (QED) is 0.726. The third kappa shape index (κ3) is 4.05. The van der Waals surface area contributed by atoms with Gasteiger partial charge < -0.3 is 15.1 Å². The molecule has 1 saturated carbocycles. The molecule has 0 bridgehead atoms. The zero-order valence-electron chi connectivity index (χ0n) is 16.9. The Morgan fingerprint density at radius 2 is 2.00 bits per heavy atom. The lowest BCUT2D eigenvalue weighted by Crippen LogP contribution is -2.69. The van der Waals surface area contributed by atoms with Crippen LogP contribution in [0.4, 0.5) is 18.9 Å². The van der Waals surface area contributed by atoms with E-state index in [2.05, 4.69) is 15.8 Å². The summed E-state index contributed by atoms with van der Waals surface area (Å²) >= 11 is 5.70. The van der Waals surface area contributed by atoms with Gasteiger partial charge in [-0.25, -0.2) is 0 Å². The highest BCUT2D eigenvalue weighted by atomic mass is 35.5. The van der Waals surface area contributed by atoms with Crippen LogP contribution in [0.3, 0.4) is 0 Å². The summed E-state index contributed by atoms with van der Waals surface area (Å²) in [4.78, 5) is 29.4. The lowest BCUT2D eigenvalue weighted by molar-refractivity contribution is -0.151. The maximum Gasteiger partial charge on any atom is 0.418 e. The average molecular weight is 458 g/mol. The summed E-state index contributed by atoms with van der Waals surface area (Å²) in [6.07, 6.45) is -1.14. The second-order valence-corrected chi connectivity index (χ2v) is 8.38. The Morgan fingerprint density at radius 1 is 1.29 bits per heavy atom. The van der Waals surface area contributed by atoms with Gasteiger partial charge in [0.2, 0.25) is 5.91 Å². The highest BCUT2D eigenvalue weighted by Gasteiger charge is 2.50. The molecule has 4 rings (SSSR count). The fourth-order valence-corrected chi connectivity index (χ4v) is 4.90. The first-order valence-electron chi connectivity index (χ1n) is 10.3. The van der Waals surface area contributed by atoms with Crippen LogP contribution in [0.15, 0.2) is 23.3 Å². The summed E-state index contributed by atoms with van der Waals surface area (Å²) < 4.78 is 40.0. The molecule has 31 heavy (non-hydrogen) atoms. The number of hydrogen-bond donors (Lipinski definition) is 2. The van der Waals surface area contributed by atoms with E-state index >= 15 is 0 Å². The second-order valence-electron chi connectivity index (χ2n) is 7.94. The van der Waals surface area contributed by atoms with Gasteiger partial charge in [0.25, 0.3) is 5.91 Å². The van der Waals surface area contributed by atoms with Crippen LogP contribution in [-0.4, -0.2) is 52.2 Å². The minimum atomic E-state index is -4.68. The monoisotopic (exact) mass is 457 g/mol. The van der Waals surface area contributed by atoms with Crippen LogP contribution in [0.25, 0.3) is 0 Å². The lowest BCUT2D eigenvalue weighted by Gasteiger charge is -2.51. The molecule has 2 fully saturated rings. The van der Waals surface area contributed by atoms with Gasteiger partial charge >= 0.3 is 6.18 Å². The van der Waals surface area contributed by atoms with Gasteiger partial charge in [0, 0.05) is 11.4 Å². The number of piperazine rings is 1. The molecular weight excluding hydrogens is 435 g/mol. The predicted molar refractivity (Wildman–Crippen MR) is 109 cm³/mol. The number of hydrazone groups is 1. The summed E-state index contributed by atoms with van der Waals surface area (Å²) in [5.41, 5.74) is 1.44. The van der Waals surface area contributed by atoms with Crippen LogP contribution in [0.1, 0.15) is 44.6 Å². The number of halogens is 4. The van der Waals surface area contributed by atoms with Gasteiger partial charge in [-0.1, -0.05) is 31.4 Å². The normalized spacial score (nSPS) is 25.5. The molecule has 0 radical (unpaired) electrons. The van der Waals surface area contributed by atoms with Crippen molar-refractivity contribution < 1.29 is 22.8 Å². The number of fused-ring (bicyclic) bond motifs is 3. The highest BCUT2D eigenvalue weighted by Crippen LogP contribution is 2.37. The number of amidine groups is 1. The topological polar surface area (TPSA) is 77.0 Å². The first-order valence-corrected chi connectivity index (χ1v) is 10.7. The van der Waals surface area contributed by atoms with Crippen LogP contribution in [0.5, 0.6) is 0 Å². The maximum absolute atomic E-state index is 13.3. The molecule has 3 unspecified atom stereocenters. The van der Waals surface area contributed by atoms with Crippen molar-refractivity contribution in [2.75, 3.05) is 11.9 Å². The van der Waals surface area contributed by atoms with Gasteiger partial charge in [-0.15, -0.1) is 0 Å². The van der Waals surface area contributed by atoms with Gasteiger partial charge in [-0.3, -0.25) is 15.0 Å². The number of amides is 2. The standard InChI is InChI=1S/C20H23ClF3N5O2/c1-2-16-26-27-18-19(31)28(14-5-3-4-6-15(14)29(16)18)10-17(30)25-13-8-7-11(21)9-12(13)20(22,23)24/h7-9,14-15,18,27H,2-6,10H2,1H3,(H,25,30). The van der Waals surface area contributed by atoms with Crippen LogP contribution in [0, 0.1) is 0 Å². The molecule has 1 aromatic rings. The van der Waals surface area contributed by atoms with E-state index < -0.39 is 23.8 Å². The first-order chi connectivity index (χ1) is 14.7. The van der Waals surface area contributed by atoms with Crippen molar-refractivity contribution >= 4 is 34.9 Å². The van der Waals surface area contributed by atoms with Crippen molar-refractivity contribution in [1.82, 2.24) is 15.2 Å². The number of benzene rings is 1. The number of carbonyl (C=O) groups is 2. The summed E-state index contributed by atoms with van der Waals surface area (Å²) in [5, 5.41) is 6.51. The maximum atomic E-state index is 13.3. The average Bonchev–Trinajstić information content (AvgIpc) is 3.16. The fraction of sp³-hybridized carbons (Fsp3) is 0.550. The minimum Gasteiger partial charge on any atom is -0.325 e. The molecule has 168 valence electrons. The van der Waals surface area contributed by atoms with Crippen molar-refractivity contribution in [1.29, 1.82) is 0 Å². The lowest BCUT2D eigenvalue weighted by atomic mass is 9.85. The molecule has 3 atom stereocenters. The Morgan fingerprint density at radius 3 is 2.68 bits per heavy atom. The summed E-state index contributed by atoms with van der Waals surface area (Å²) in [7, 11) is 0. The van der Waals surface area contributed by atoms with E-state index in [1.54, 1.807) is 0 Å². The van der Waals surface area contributed by atoms with E-state index in [0.29, 0.717) is 6.42 Å². The molecule has 1 aromatic carbocycles. The number of anilines is 1. The van der Waals surface area contributed by atoms with E-state index in [-0.39, 0.29) is 35.2 Å². The van der Waals surface area contributed by atoms with Crippen molar-refractivity contribution in [2.45, 2.75) is 63.5 Å². The smallest absolute Gasteiger partial charge is 0.325 e. The SMILES string of the molecule is CCC1=NNC2C(=O)N(CC(=O)Nc3ccc(Cl)cc3C(F)(F)F)C3CCCCC3N12. The van der Waals surface area contributed by atoms with Gasteiger partial charge in [0.1, 0.15) is 12.4 Å². The van der Waals surface area contributed by atoms with E-state index in [0.717, 1.165) is 43.7 Å². The van der Waals surface area contributed by atoms with Crippen LogP contribution in [-0.2, 0) is 15.8 Å². The predicted octanol–water partition coefficient (Wildman–Crippen LogP) is 3.41. The first kappa shape index (κ1) is 21.7.